The van der Waals surface area contributed by atoms with Crippen molar-refractivity contribution in [2.45, 2.75) is 19.9 Å². The quantitative estimate of drug-likeness (QED) is 0.804. The van der Waals surface area contributed by atoms with Gasteiger partial charge in [0.15, 0.2) is 11.2 Å². The van der Waals surface area contributed by atoms with Crippen LogP contribution in [0.1, 0.15) is 34.6 Å². The van der Waals surface area contributed by atoms with E-state index in [0.717, 1.165) is 11.1 Å². The first kappa shape index (κ1) is 15.0. The highest BCUT2D eigenvalue weighted by Gasteiger charge is 2.16. The number of carbonyl (C=O) groups excluding carboxylic acids is 1. The minimum atomic E-state index is -0.399. The van der Waals surface area contributed by atoms with Crippen LogP contribution in [0.25, 0.3) is 11.0 Å². The van der Waals surface area contributed by atoms with E-state index >= 15 is 0 Å². The van der Waals surface area contributed by atoms with Gasteiger partial charge in [0.05, 0.1) is 11.4 Å². The standard InChI is InChI=1S/C19H17NO3/c1-12-7-3-4-8-14(12)13(2)20-19(22)18-11-16(21)15-9-5-6-10-17(15)23-18/h3-11,13H,1-2H3,(H,20,22). The van der Waals surface area contributed by atoms with Crippen molar-refractivity contribution in [3.05, 3.63) is 81.7 Å². The van der Waals surface area contributed by atoms with Gasteiger partial charge in [-0.1, -0.05) is 36.4 Å². The summed E-state index contributed by atoms with van der Waals surface area (Å²) in [6, 6.07) is 15.8. The van der Waals surface area contributed by atoms with Gasteiger partial charge in [0, 0.05) is 6.07 Å². The second-order valence-electron chi connectivity index (χ2n) is 5.52. The molecule has 1 unspecified atom stereocenters. The van der Waals surface area contributed by atoms with Gasteiger partial charge in [-0.2, -0.15) is 0 Å². The van der Waals surface area contributed by atoms with Crippen LogP contribution in [-0.4, -0.2) is 5.91 Å². The molecule has 0 fully saturated rings. The maximum atomic E-state index is 12.4. The number of fused-ring (bicyclic) bond motifs is 1. The van der Waals surface area contributed by atoms with Crippen molar-refractivity contribution in [2.75, 3.05) is 0 Å². The van der Waals surface area contributed by atoms with Gasteiger partial charge in [-0.05, 0) is 37.1 Å². The van der Waals surface area contributed by atoms with E-state index in [9.17, 15) is 9.59 Å². The normalized spacial score (nSPS) is 12.1. The molecule has 0 saturated carbocycles. The molecule has 0 saturated heterocycles. The Kier molecular flexibility index (Phi) is 3.98. The van der Waals surface area contributed by atoms with Crippen molar-refractivity contribution < 1.29 is 9.21 Å². The fraction of sp³-hybridized carbons (Fsp3) is 0.158. The highest BCUT2D eigenvalue weighted by molar-refractivity contribution is 5.93. The zero-order valence-electron chi connectivity index (χ0n) is 13.0. The van der Waals surface area contributed by atoms with Gasteiger partial charge < -0.3 is 9.73 Å². The third-order valence-electron chi connectivity index (χ3n) is 3.86. The average Bonchev–Trinajstić information content (AvgIpc) is 2.55. The molecule has 0 aliphatic rings. The lowest BCUT2D eigenvalue weighted by atomic mass is 10.0. The molecule has 1 aromatic heterocycles. The van der Waals surface area contributed by atoms with Crippen molar-refractivity contribution in [1.82, 2.24) is 5.32 Å². The summed E-state index contributed by atoms with van der Waals surface area (Å²) in [5, 5.41) is 3.34. The summed E-state index contributed by atoms with van der Waals surface area (Å²) in [6.45, 7) is 3.90. The van der Waals surface area contributed by atoms with Gasteiger partial charge in [0.25, 0.3) is 5.91 Å². The van der Waals surface area contributed by atoms with Crippen molar-refractivity contribution in [1.29, 1.82) is 0 Å². The van der Waals surface area contributed by atoms with Crippen molar-refractivity contribution in [3.8, 4) is 0 Å². The molecule has 3 aromatic rings. The number of aryl methyl sites for hydroxylation is 1. The summed E-state index contributed by atoms with van der Waals surface area (Å²) in [5.41, 5.74) is 2.32. The van der Waals surface area contributed by atoms with Gasteiger partial charge in [0.1, 0.15) is 5.58 Å². The molecule has 0 spiro atoms. The smallest absolute Gasteiger partial charge is 0.287 e. The molecule has 1 atom stereocenters. The van der Waals surface area contributed by atoms with Crippen molar-refractivity contribution in [3.63, 3.8) is 0 Å². The Morgan fingerprint density at radius 1 is 1.09 bits per heavy atom. The van der Waals surface area contributed by atoms with Gasteiger partial charge >= 0.3 is 0 Å². The van der Waals surface area contributed by atoms with E-state index in [1.807, 2.05) is 38.1 Å². The molecule has 1 amide bonds. The van der Waals surface area contributed by atoms with E-state index in [4.69, 9.17) is 4.42 Å². The molecule has 0 bridgehead atoms. The number of amides is 1. The molecule has 1 heterocycles. The van der Waals surface area contributed by atoms with Gasteiger partial charge in [-0.25, -0.2) is 0 Å². The molecule has 23 heavy (non-hydrogen) atoms. The largest absolute Gasteiger partial charge is 0.451 e. The summed E-state index contributed by atoms with van der Waals surface area (Å²) in [4.78, 5) is 24.5. The average molecular weight is 307 g/mol. The third-order valence-corrected chi connectivity index (χ3v) is 3.86. The zero-order chi connectivity index (χ0) is 16.4. The van der Waals surface area contributed by atoms with Crippen LogP contribution in [0.4, 0.5) is 0 Å². The monoisotopic (exact) mass is 307 g/mol. The van der Waals surface area contributed by atoms with E-state index in [-0.39, 0.29) is 17.2 Å². The van der Waals surface area contributed by atoms with Crippen LogP contribution in [0.3, 0.4) is 0 Å². The van der Waals surface area contributed by atoms with Crippen LogP contribution in [0.5, 0.6) is 0 Å². The lowest BCUT2D eigenvalue weighted by Crippen LogP contribution is -2.27. The van der Waals surface area contributed by atoms with Crippen LogP contribution in [0.15, 0.2) is 63.8 Å². The first-order valence-corrected chi connectivity index (χ1v) is 7.45. The third kappa shape index (κ3) is 3.01. The van der Waals surface area contributed by atoms with E-state index in [2.05, 4.69) is 5.32 Å². The predicted octanol–water partition coefficient (Wildman–Crippen LogP) is 3.59. The highest BCUT2D eigenvalue weighted by atomic mass is 16.3. The first-order chi connectivity index (χ1) is 11.1. The first-order valence-electron chi connectivity index (χ1n) is 7.45. The Morgan fingerprint density at radius 3 is 2.57 bits per heavy atom. The number of hydrogen-bond donors (Lipinski definition) is 1. The summed E-state index contributed by atoms with van der Waals surface area (Å²) in [7, 11) is 0. The van der Waals surface area contributed by atoms with Crippen molar-refractivity contribution >= 4 is 16.9 Å². The van der Waals surface area contributed by atoms with Crippen LogP contribution in [0, 0.1) is 6.92 Å². The zero-order valence-corrected chi connectivity index (χ0v) is 13.0. The van der Waals surface area contributed by atoms with Crippen LogP contribution in [-0.2, 0) is 0 Å². The number of nitrogens with one attached hydrogen (secondary N) is 1. The van der Waals surface area contributed by atoms with Gasteiger partial charge in [0.2, 0.25) is 0 Å². The van der Waals surface area contributed by atoms with E-state index in [1.165, 1.54) is 6.07 Å². The fourth-order valence-electron chi connectivity index (χ4n) is 2.63. The Bertz CT molecular complexity index is 927. The van der Waals surface area contributed by atoms with E-state index in [0.29, 0.717) is 11.0 Å². The molecule has 3 rings (SSSR count). The molecule has 0 radical (unpaired) electrons. The fourth-order valence-corrected chi connectivity index (χ4v) is 2.63. The molecular formula is C19H17NO3. The maximum absolute atomic E-state index is 12.4. The second kappa shape index (κ2) is 6.08. The lowest BCUT2D eigenvalue weighted by molar-refractivity contribution is 0.0912. The summed E-state index contributed by atoms with van der Waals surface area (Å²) >= 11 is 0. The maximum Gasteiger partial charge on any atom is 0.287 e. The molecule has 0 aliphatic carbocycles. The molecule has 116 valence electrons. The van der Waals surface area contributed by atoms with Crippen LogP contribution >= 0.6 is 0 Å². The lowest BCUT2D eigenvalue weighted by Gasteiger charge is -2.16. The minimum absolute atomic E-state index is 0.0223. The highest BCUT2D eigenvalue weighted by Crippen LogP contribution is 2.18. The number of hydrogen-bond acceptors (Lipinski definition) is 3. The Labute approximate surface area is 133 Å². The van der Waals surface area contributed by atoms with E-state index < -0.39 is 5.91 Å². The Balaban J connectivity index is 1.89. The molecule has 0 aliphatic heterocycles. The molecule has 4 heteroatoms. The van der Waals surface area contributed by atoms with Gasteiger partial charge in [-0.3, -0.25) is 9.59 Å². The van der Waals surface area contributed by atoms with Crippen molar-refractivity contribution in [2.24, 2.45) is 0 Å². The molecule has 4 nitrogen and oxygen atoms in total. The summed E-state index contributed by atoms with van der Waals surface area (Å²) in [5.74, 6) is -0.377. The number of benzene rings is 2. The molecular weight excluding hydrogens is 290 g/mol. The number of rotatable bonds is 3. The predicted molar refractivity (Wildman–Crippen MR) is 89.5 cm³/mol. The SMILES string of the molecule is Cc1ccccc1C(C)NC(=O)c1cc(=O)c2ccccc2o1. The molecule has 1 N–H and O–H groups in total. The minimum Gasteiger partial charge on any atom is -0.451 e. The van der Waals surface area contributed by atoms with Gasteiger partial charge in [-0.15, -0.1) is 0 Å². The van der Waals surface area contributed by atoms with Crippen LogP contribution < -0.4 is 10.7 Å². The number of para-hydroxylation sites is 1. The Hall–Kier alpha value is -2.88. The second-order valence-corrected chi connectivity index (χ2v) is 5.52. The topological polar surface area (TPSA) is 59.3 Å². The van der Waals surface area contributed by atoms with E-state index in [1.54, 1.807) is 24.3 Å². The number of carbonyl (C=O) groups is 1. The van der Waals surface area contributed by atoms with Crippen LogP contribution in [0.2, 0.25) is 0 Å². The summed E-state index contributed by atoms with van der Waals surface area (Å²) < 4.78 is 5.56. The molecule has 2 aromatic carbocycles. The Morgan fingerprint density at radius 2 is 1.78 bits per heavy atom. The summed E-state index contributed by atoms with van der Waals surface area (Å²) in [6.07, 6.45) is 0.